The predicted octanol–water partition coefficient (Wildman–Crippen LogP) is 4.93. The second kappa shape index (κ2) is 18.8. The van der Waals surface area contributed by atoms with Crippen LogP contribution < -0.4 is 0 Å². The van der Waals surface area contributed by atoms with Crippen LogP contribution in [0.3, 0.4) is 0 Å². The zero-order valence-electron chi connectivity index (χ0n) is 32.7. The zero-order valence-corrected chi connectivity index (χ0v) is 32.7. The molecular formula is C38H64N2O10. The molecule has 0 aromatic rings. The molecule has 2 heterocycles. The number of aliphatic hydroxyl groups is 1. The highest BCUT2D eigenvalue weighted by Crippen LogP contribution is 2.38. The predicted molar refractivity (Wildman–Crippen MR) is 190 cm³/mol. The van der Waals surface area contributed by atoms with Crippen molar-refractivity contribution >= 4 is 29.3 Å². The van der Waals surface area contributed by atoms with Gasteiger partial charge in [0.05, 0.1) is 31.0 Å². The van der Waals surface area contributed by atoms with Gasteiger partial charge in [-0.05, 0) is 79.3 Å². The van der Waals surface area contributed by atoms with E-state index in [1.807, 2.05) is 53.6 Å². The van der Waals surface area contributed by atoms with Gasteiger partial charge in [-0.1, -0.05) is 46.8 Å². The third-order valence-corrected chi connectivity index (χ3v) is 10.4. The highest BCUT2D eigenvalue weighted by Gasteiger charge is 2.48. The summed E-state index contributed by atoms with van der Waals surface area (Å²) in [7, 11) is 3.78. The van der Waals surface area contributed by atoms with Crippen molar-refractivity contribution in [3.8, 4) is 0 Å². The largest absolute Gasteiger partial charge is 0.459 e. The van der Waals surface area contributed by atoms with Crippen LogP contribution in [-0.2, 0) is 42.9 Å². The fourth-order valence-electron chi connectivity index (χ4n) is 7.49. The van der Waals surface area contributed by atoms with Crippen LogP contribution in [0.2, 0.25) is 0 Å². The lowest BCUT2D eigenvalue weighted by molar-refractivity contribution is -0.286. The quantitative estimate of drug-likeness (QED) is 0.158. The smallest absolute Gasteiger partial charge is 0.316 e. The summed E-state index contributed by atoms with van der Waals surface area (Å²) in [5.41, 5.74) is -0.148. The first-order chi connectivity index (χ1) is 23.1. The molecule has 1 N–H and O–H groups in total. The molecule has 286 valence electrons. The molecular weight excluding hydrogens is 644 g/mol. The van der Waals surface area contributed by atoms with Gasteiger partial charge < -0.3 is 33.7 Å². The van der Waals surface area contributed by atoms with E-state index in [-0.39, 0.29) is 42.9 Å². The monoisotopic (exact) mass is 708 g/mol. The van der Waals surface area contributed by atoms with Crippen molar-refractivity contribution in [2.24, 2.45) is 34.6 Å². The molecule has 2 aliphatic heterocycles. The molecule has 0 bridgehead atoms. The number of amides is 1. The maximum absolute atomic E-state index is 14.0. The minimum Gasteiger partial charge on any atom is -0.459 e. The van der Waals surface area contributed by atoms with E-state index in [1.54, 1.807) is 20.8 Å². The summed E-state index contributed by atoms with van der Waals surface area (Å²) in [6.45, 7) is 23.3. The van der Waals surface area contributed by atoms with E-state index >= 15 is 0 Å². The first-order valence-corrected chi connectivity index (χ1v) is 18.1. The Morgan fingerprint density at radius 3 is 2.24 bits per heavy atom. The summed E-state index contributed by atoms with van der Waals surface area (Å²) in [4.78, 5) is 58.3. The van der Waals surface area contributed by atoms with Crippen molar-refractivity contribution in [3.63, 3.8) is 0 Å². The Bertz CT molecular complexity index is 1230. The van der Waals surface area contributed by atoms with Gasteiger partial charge in [-0.3, -0.25) is 19.2 Å². The second-order valence-electron chi connectivity index (χ2n) is 15.1. The molecule has 0 aliphatic carbocycles. The summed E-state index contributed by atoms with van der Waals surface area (Å²) < 4.78 is 30.8. The third kappa shape index (κ3) is 11.2. The molecule has 0 aromatic carbocycles. The van der Waals surface area contributed by atoms with Gasteiger partial charge >= 0.3 is 11.9 Å². The number of hydrogen-bond donors (Lipinski definition) is 1. The topological polar surface area (TPSA) is 150 Å². The Morgan fingerprint density at radius 2 is 1.72 bits per heavy atom. The lowest BCUT2D eigenvalue weighted by atomic mass is 9.70. The van der Waals surface area contributed by atoms with Crippen LogP contribution in [-0.4, -0.2) is 109 Å². The van der Waals surface area contributed by atoms with Crippen molar-refractivity contribution in [1.82, 2.24) is 4.90 Å². The number of hydrogen-bond acceptors (Lipinski definition) is 11. The lowest BCUT2D eigenvalue weighted by Gasteiger charge is -2.44. The zero-order chi connectivity index (χ0) is 38.2. The molecule has 1 amide bonds. The standard InChI is InChI=1S/C38H64N2O10/c1-15-31-38(12,45)29(23(6)32(20(2)3)39-27(10)41)17-16-21(4)19-46-26(9)34(24(7)33(43)25(8)36(44)49-31)50-37-35(48-28(11)42)30(40(13)14)18-22(5)47-37/h20,22-26,29-31,34-35,37,45H,4,15-19H2,1-3,5-14H3/t22-,23-,24?,25-,26?,29-,30+,31-,34-,35-,37+,38+/m1/s1. The fraction of sp³-hybridized carbons (Fsp3) is 0.816. The number of ketones is 1. The summed E-state index contributed by atoms with van der Waals surface area (Å²) in [5, 5.41) is 12.2. The molecule has 0 saturated carbocycles. The van der Waals surface area contributed by atoms with Crippen molar-refractivity contribution in [3.05, 3.63) is 12.2 Å². The maximum atomic E-state index is 14.0. The molecule has 12 atom stereocenters. The van der Waals surface area contributed by atoms with Crippen LogP contribution in [0.15, 0.2) is 17.1 Å². The molecule has 2 rings (SSSR count). The Hall–Kier alpha value is -2.51. The van der Waals surface area contributed by atoms with E-state index in [1.165, 1.54) is 20.8 Å². The number of aliphatic imine (C=N–C) groups is 1. The van der Waals surface area contributed by atoms with Crippen molar-refractivity contribution < 1.29 is 48.0 Å². The maximum Gasteiger partial charge on any atom is 0.316 e. The number of ether oxygens (including phenoxy) is 5. The first-order valence-electron chi connectivity index (χ1n) is 18.1. The van der Waals surface area contributed by atoms with Gasteiger partial charge in [-0.15, -0.1) is 0 Å². The van der Waals surface area contributed by atoms with Crippen molar-refractivity contribution in [2.75, 3.05) is 20.7 Å². The van der Waals surface area contributed by atoms with E-state index in [0.717, 1.165) is 5.57 Å². The van der Waals surface area contributed by atoms with Gasteiger partial charge in [-0.25, -0.2) is 4.99 Å². The number of nitrogens with zero attached hydrogens (tertiary/aromatic N) is 2. The van der Waals surface area contributed by atoms with Gasteiger partial charge in [0.15, 0.2) is 18.2 Å². The summed E-state index contributed by atoms with van der Waals surface area (Å²) in [6.07, 6.45) is -2.77. The van der Waals surface area contributed by atoms with Gasteiger partial charge in [0.2, 0.25) is 5.91 Å². The summed E-state index contributed by atoms with van der Waals surface area (Å²) >= 11 is 0. The van der Waals surface area contributed by atoms with E-state index in [0.29, 0.717) is 25.0 Å². The normalized spacial score (nSPS) is 36.4. The molecule has 12 nitrogen and oxygen atoms in total. The Labute approximate surface area is 299 Å². The minimum absolute atomic E-state index is 0.0723. The molecule has 0 spiro atoms. The van der Waals surface area contributed by atoms with Crippen LogP contribution in [0.25, 0.3) is 0 Å². The van der Waals surface area contributed by atoms with Crippen LogP contribution in [0.1, 0.15) is 102 Å². The van der Waals surface area contributed by atoms with E-state index in [4.69, 9.17) is 23.7 Å². The number of carbonyl (C=O) groups is 4. The summed E-state index contributed by atoms with van der Waals surface area (Å²) in [6, 6.07) is -0.211. The van der Waals surface area contributed by atoms with Gasteiger partial charge in [-0.2, -0.15) is 0 Å². The van der Waals surface area contributed by atoms with E-state index in [9.17, 15) is 24.3 Å². The van der Waals surface area contributed by atoms with Crippen molar-refractivity contribution in [1.29, 1.82) is 0 Å². The molecule has 2 saturated heterocycles. The lowest BCUT2D eigenvalue weighted by Crippen LogP contribution is -2.58. The molecule has 2 unspecified atom stereocenters. The van der Waals surface area contributed by atoms with Crippen LogP contribution in [0.5, 0.6) is 0 Å². The van der Waals surface area contributed by atoms with E-state index in [2.05, 4.69) is 11.6 Å². The summed E-state index contributed by atoms with van der Waals surface area (Å²) in [5.74, 6) is -4.99. The fourth-order valence-corrected chi connectivity index (χ4v) is 7.49. The van der Waals surface area contributed by atoms with Crippen LogP contribution in [0, 0.1) is 29.6 Å². The minimum atomic E-state index is -1.55. The molecule has 12 heteroatoms. The molecule has 2 aliphatic rings. The Kier molecular flexibility index (Phi) is 16.4. The average molecular weight is 709 g/mol. The number of esters is 2. The van der Waals surface area contributed by atoms with Crippen LogP contribution >= 0.6 is 0 Å². The van der Waals surface area contributed by atoms with Gasteiger partial charge in [0.1, 0.15) is 17.6 Å². The third-order valence-electron chi connectivity index (χ3n) is 10.4. The number of cyclic esters (lactones) is 1. The molecule has 0 radical (unpaired) electrons. The number of likely N-dealkylation sites (N-methyl/N-ethyl adjacent to an activating group) is 1. The Balaban J connectivity index is 2.57. The highest BCUT2D eigenvalue weighted by molar-refractivity contribution is 6.00. The number of Topliss-reactive ketones (excluding diaryl/α,β-unsaturated/α-hetero) is 1. The molecule has 2 fully saturated rings. The Morgan fingerprint density at radius 1 is 1.10 bits per heavy atom. The molecule has 0 aromatic heterocycles. The second-order valence-corrected chi connectivity index (χ2v) is 15.1. The average Bonchev–Trinajstić information content (AvgIpc) is 3.02. The van der Waals surface area contributed by atoms with Gasteiger partial charge in [0, 0.05) is 31.4 Å². The molecule has 50 heavy (non-hydrogen) atoms. The highest BCUT2D eigenvalue weighted by atomic mass is 16.7. The SMILES string of the molecule is C=C1CC[C@H]([C@@H](C)C(=NC(C)=O)C(C)C)[C@](C)(O)[C@@H](CC)OC(=O)[C@H](C)C(=O)C(C)[C@@H](O[C@@H]2O[C@H](C)C[C@H](N(C)C)[C@H]2OC(C)=O)C(C)OC1. The van der Waals surface area contributed by atoms with Crippen molar-refractivity contribution in [2.45, 2.75) is 150 Å². The van der Waals surface area contributed by atoms with E-state index < -0.39 is 71.8 Å². The number of rotatable bonds is 8. The number of carbonyl (C=O) groups excluding carboxylic acids is 4. The van der Waals surface area contributed by atoms with Gasteiger partial charge in [0.25, 0.3) is 0 Å². The first kappa shape index (κ1) is 43.7. The van der Waals surface area contributed by atoms with Crippen LogP contribution in [0.4, 0.5) is 0 Å².